The van der Waals surface area contributed by atoms with E-state index < -0.39 is 6.04 Å². The van der Waals surface area contributed by atoms with Gasteiger partial charge in [0.05, 0.1) is 19.1 Å². The number of carbonyl (C=O) groups is 1. The Labute approximate surface area is 134 Å². The zero-order valence-corrected chi connectivity index (χ0v) is 14.1. The van der Waals surface area contributed by atoms with Gasteiger partial charge in [-0.05, 0) is 28.8 Å². The Balaban J connectivity index is 2.12. The Hall–Kier alpha value is -1.17. The van der Waals surface area contributed by atoms with E-state index in [4.69, 9.17) is 5.73 Å². The minimum absolute atomic E-state index is 0.0474. The topological polar surface area (TPSA) is 46.3 Å². The van der Waals surface area contributed by atoms with E-state index in [2.05, 4.69) is 19.1 Å². The standard InChI is InChI=1S/C16H22N2OS2/c1-3-12(2)15(17)16(19)18(10-13-6-4-8-20-13)11-14-7-5-9-21-14/h4-9,12,15H,3,10-11,17H2,1-2H3/t12?,15-/m0/s1. The van der Waals surface area contributed by atoms with Gasteiger partial charge in [0, 0.05) is 9.75 Å². The van der Waals surface area contributed by atoms with Crippen molar-refractivity contribution in [1.29, 1.82) is 0 Å². The van der Waals surface area contributed by atoms with Gasteiger partial charge >= 0.3 is 0 Å². The molecule has 114 valence electrons. The summed E-state index contributed by atoms with van der Waals surface area (Å²) < 4.78 is 0. The Morgan fingerprint density at radius 3 is 2.10 bits per heavy atom. The summed E-state index contributed by atoms with van der Waals surface area (Å²) in [7, 11) is 0. The lowest BCUT2D eigenvalue weighted by Gasteiger charge is -2.27. The Morgan fingerprint density at radius 1 is 1.19 bits per heavy atom. The summed E-state index contributed by atoms with van der Waals surface area (Å²) in [4.78, 5) is 17.0. The van der Waals surface area contributed by atoms with E-state index in [1.807, 2.05) is 34.7 Å². The van der Waals surface area contributed by atoms with E-state index >= 15 is 0 Å². The van der Waals surface area contributed by atoms with E-state index in [1.54, 1.807) is 22.7 Å². The summed E-state index contributed by atoms with van der Waals surface area (Å²) in [5.41, 5.74) is 6.15. The highest BCUT2D eigenvalue weighted by atomic mass is 32.1. The van der Waals surface area contributed by atoms with Crippen molar-refractivity contribution in [3.63, 3.8) is 0 Å². The number of nitrogens with zero attached hydrogens (tertiary/aromatic N) is 1. The molecule has 21 heavy (non-hydrogen) atoms. The van der Waals surface area contributed by atoms with Gasteiger partial charge in [0.2, 0.25) is 5.91 Å². The molecule has 2 aromatic heterocycles. The molecule has 0 aliphatic rings. The maximum absolute atomic E-state index is 12.7. The molecule has 2 rings (SSSR count). The highest BCUT2D eigenvalue weighted by molar-refractivity contribution is 7.10. The van der Waals surface area contributed by atoms with Crippen LogP contribution in [0.3, 0.4) is 0 Å². The highest BCUT2D eigenvalue weighted by Crippen LogP contribution is 2.19. The van der Waals surface area contributed by atoms with Crippen molar-refractivity contribution in [3.8, 4) is 0 Å². The van der Waals surface area contributed by atoms with Gasteiger partial charge in [-0.3, -0.25) is 4.79 Å². The maximum Gasteiger partial charge on any atom is 0.240 e. The average Bonchev–Trinajstić information content (AvgIpc) is 3.17. The predicted molar refractivity (Wildman–Crippen MR) is 90.3 cm³/mol. The van der Waals surface area contributed by atoms with E-state index in [1.165, 1.54) is 9.75 Å². The second-order valence-electron chi connectivity index (χ2n) is 5.26. The third-order valence-electron chi connectivity index (χ3n) is 3.71. The van der Waals surface area contributed by atoms with Crippen molar-refractivity contribution in [1.82, 2.24) is 4.90 Å². The second kappa shape index (κ2) is 7.73. The SMILES string of the molecule is CCC(C)[C@H](N)C(=O)N(Cc1cccs1)Cc1cccs1. The monoisotopic (exact) mass is 322 g/mol. The summed E-state index contributed by atoms with van der Waals surface area (Å²) in [5, 5.41) is 4.08. The summed E-state index contributed by atoms with van der Waals surface area (Å²) >= 11 is 3.35. The van der Waals surface area contributed by atoms with Gasteiger partial charge in [0.1, 0.15) is 0 Å². The van der Waals surface area contributed by atoms with Crippen LogP contribution in [0.1, 0.15) is 30.0 Å². The lowest BCUT2D eigenvalue weighted by Crippen LogP contribution is -2.46. The van der Waals surface area contributed by atoms with E-state index in [-0.39, 0.29) is 11.8 Å². The Bertz CT molecular complexity index is 500. The van der Waals surface area contributed by atoms with Gasteiger partial charge in [0.15, 0.2) is 0 Å². The third-order valence-corrected chi connectivity index (χ3v) is 5.43. The normalized spacial score (nSPS) is 13.9. The molecule has 2 atom stereocenters. The number of hydrogen-bond donors (Lipinski definition) is 1. The van der Waals surface area contributed by atoms with Crippen molar-refractivity contribution >= 4 is 28.6 Å². The van der Waals surface area contributed by atoms with Gasteiger partial charge in [-0.15, -0.1) is 22.7 Å². The first-order valence-corrected chi connectivity index (χ1v) is 8.96. The molecule has 0 bridgehead atoms. The highest BCUT2D eigenvalue weighted by Gasteiger charge is 2.25. The third kappa shape index (κ3) is 4.40. The van der Waals surface area contributed by atoms with Crippen molar-refractivity contribution in [2.45, 2.75) is 39.4 Å². The molecule has 0 fully saturated rings. The van der Waals surface area contributed by atoms with E-state index in [9.17, 15) is 4.79 Å². The molecule has 2 aromatic rings. The molecule has 1 amide bonds. The largest absolute Gasteiger partial charge is 0.331 e. The van der Waals surface area contributed by atoms with Crippen molar-refractivity contribution < 1.29 is 4.79 Å². The van der Waals surface area contributed by atoms with Crippen LogP contribution in [0.2, 0.25) is 0 Å². The lowest BCUT2D eigenvalue weighted by atomic mass is 9.99. The molecule has 5 heteroatoms. The minimum Gasteiger partial charge on any atom is -0.331 e. The zero-order valence-electron chi connectivity index (χ0n) is 12.5. The van der Waals surface area contributed by atoms with Crippen LogP contribution in [0, 0.1) is 5.92 Å². The number of carbonyl (C=O) groups excluding carboxylic acids is 1. The Morgan fingerprint density at radius 2 is 1.71 bits per heavy atom. The number of nitrogens with two attached hydrogens (primary N) is 1. The van der Waals surface area contributed by atoms with Crippen LogP contribution in [0.25, 0.3) is 0 Å². The fourth-order valence-electron chi connectivity index (χ4n) is 2.10. The molecule has 0 aliphatic carbocycles. The zero-order chi connectivity index (χ0) is 15.2. The average molecular weight is 322 g/mol. The fourth-order valence-corrected chi connectivity index (χ4v) is 3.54. The van der Waals surface area contributed by atoms with Gasteiger partial charge in [-0.1, -0.05) is 32.4 Å². The van der Waals surface area contributed by atoms with Crippen LogP contribution in [0.4, 0.5) is 0 Å². The molecule has 3 nitrogen and oxygen atoms in total. The molecule has 0 aliphatic heterocycles. The predicted octanol–water partition coefficient (Wildman–Crippen LogP) is 3.71. The van der Waals surface area contributed by atoms with Crippen LogP contribution in [-0.4, -0.2) is 16.8 Å². The molecule has 1 unspecified atom stereocenters. The minimum atomic E-state index is -0.421. The molecule has 2 N–H and O–H groups in total. The lowest BCUT2D eigenvalue weighted by molar-refractivity contribution is -0.135. The number of hydrogen-bond acceptors (Lipinski definition) is 4. The van der Waals surface area contributed by atoms with Crippen LogP contribution in [-0.2, 0) is 17.9 Å². The van der Waals surface area contributed by atoms with E-state index in [0.717, 1.165) is 6.42 Å². The summed E-state index contributed by atoms with van der Waals surface area (Å²) in [5.74, 6) is 0.248. The molecular weight excluding hydrogens is 300 g/mol. The second-order valence-corrected chi connectivity index (χ2v) is 7.33. The van der Waals surface area contributed by atoms with Crippen LogP contribution >= 0.6 is 22.7 Å². The summed E-state index contributed by atoms with van der Waals surface area (Å²) in [6, 6.07) is 7.74. The molecule has 2 heterocycles. The molecule has 0 radical (unpaired) electrons. The molecule has 0 saturated carbocycles. The molecule has 0 saturated heterocycles. The first kappa shape index (κ1) is 16.2. The summed E-state index contributed by atoms with van der Waals surface area (Å²) in [6.07, 6.45) is 0.915. The van der Waals surface area contributed by atoms with Gasteiger partial charge < -0.3 is 10.6 Å². The maximum atomic E-state index is 12.7. The van der Waals surface area contributed by atoms with Crippen LogP contribution in [0.15, 0.2) is 35.0 Å². The van der Waals surface area contributed by atoms with Gasteiger partial charge in [-0.2, -0.15) is 0 Å². The summed E-state index contributed by atoms with van der Waals surface area (Å²) in [6.45, 7) is 5.38. The van der Waals surface area contributed by atoms with Crippen molar-refractivity contribution in [2.75, 3.05) is 0 Å². The van der Waals surface area contributed by atoms with Crippen molar-refractivity contribution in [3.05, 3.63) is 44.8 Å². The number of amides is 1. The number of rotatable bonds is 7. The first-order chi connectivity index (χ1) is 10.1. The van der Waals surface area contributed by atoms with Crippen LogP contribution in [0.5, 0.6) is 0 Å². The van der Waals surface area contributed by atoms with Crippen LogP contribution < -0.4 is 5.73 Å². The number of thiophene rings is 2. The smallest absolute Gasteiger partial charge is 0.240 e. The fraction of sp³-hybridized carbons (Fsp3) is 0.438. The molecular formula is C16H22N2OS2. The van der Waals surface area contributed by atoms with Gasteiger partial charge in [0.25, 0.3) is 0 Å². The van der Waals surface area contributed by atoms with Gasteiger partial charge in [-0.25, -0.2) is 0 Å². The Kier molecular flexibility index (Phi) is 5.96. The molecule has 0 spiro atoms. The quantitative estimate of drug-likeness (QED) is 0.844. The van der Waals surface area contributed by atoms with Crippen molar-refractivity contribution in [2.24, 2.45) is 11.7 Å². The van der Waals surface area contributed by atoms with E-state index in [0.29, 0.717) is 13.1 Å². The first-order valence-electron chi connectivity index (χ1n) is 7.21. The molecule has 0 aromatic carbocycles.